The van der Waals surface area contributed by atoms with Crippen LogP contribution in [0.3, 0.4) is 0 Å². The zero-order chi connectivity index (χ0) is 9.84. The van der Waals surface area contributed by atoms with Crippen LogP contribution in [-0.4, -0.2) is 0 Å². The average molecular weight is 202 g/mol. The van der Waals surface area contributed by atoms with Crippen molar-refractivity contribution in [2.75, 3.05) is 0 Å². The normalized spacial score (nSPS) is 15.7. The fraction of sp³-hybridized carbons (Fsp3) is 0.600. The van der Waals surface area contributed by atoms with Crippen molar-refractivity contribution >= 4 is 11.6 Å². The van der Waals surface area contributed by atoms with E-state index in [9.17, 15) is 0 Å². The lowest BCUT2D eigenvalue weighted by Crippen LogP contribution is -2.18. The molecule has 2 atom stereocenters. The van der Waals surface area contributed by atoms with E-state index in [-0.39, 0.29) is 6.04 Å². The third-order valence-electron chi connectivity index (χ3n) is 2.28. The third kappa shape index (κ3) is 2.75. The minimum atomic E-state index is -0.0348. The van der Waals surface area contributed by atoms with Crippen LogP contribution in [0.15, 0.2) is 16.5 Å². The Labute approximate surface area is 84.1 Å². The largest absolute Gasteiger partial charge is 0.448 e. The van der Waals surface area contributed by atoms with Crippen LogP contribution >= 0.6 is 11.6 Å². The summed E-state index contributed by atoms with van der Waals surface area (Å²) in [7, 11) is 0. The van der Waals surface area contributed by atoms with Crippen LogP contribution in [0.1, 0.15) is 38.5 Å². The van der Waals surface area contributed by atoms with E-state index < -0.39 is 0 Å². The molecule has 13 heavy (non-hydrogen) atoms. The van der Waals surface area contributed by atoms with E-state index in [2.05, 4.69) is 13.8 Å². The molecule has 0 bridgehead atoms. The monoisotopic (exact) mass is 201 g/mol. The van der Waals surface area contributed by atoms with Crippen molar-refractivity contribution < 1.29 is 4.42 Å². The van der Waals surface area contributed by atoms with Crippen molar-refractivity contribution in [3.8, 4) is 0 Å². The highest BCUT2D eigenvalue weighted by Crippen LogP contribution is 2.26. The minimum absolute atomic E-state index is 0.0348. The maximum atomic E-state index is 5.99. The summed E-state index contributed by atoms with van der Waals surface area (Å²) in [5, 5.41) is 0.411. The highest BCUT2D eigenvalue weighted by Gasteiger charge is 2.17. The number of halogens is 1. The smallest absolute Gasteiger partial charge is 0.193 e. The van der Waals surface area contributed by atoms with Crippen molar-refractivity contribution in [1.29, 1.82) is 0 Å². The first-order valence-electron chi connectivity index (χ1n) is 4.66. The number of furan rings is 1. The van der Waals surface area contributed by atoms with Crippen molar-refractivity contribution in [1.82, 2.24) is 0 Å². The van der Waals surface area contributed by atoms with Crippen LogP contribution in [0.2, 0.25) is 5.22 Å². The highest BCUT2D eigenvalue weighted by molar-refractivity contribution is 6.28. The molecule has 2 N–H and O–H groups in total. The summed E-state index contributed by atoms with van der Waals surface area (Å²) in [6.07, 6.45) is 2.25. The lowest BCUT2D eigenvalue weighted by Gasteiger charge is -2.16. The van der Waals surface area contributed by atoms with Gasteiger partial charge in [-0.3, -0.25) is 0 Å². The second kappa shape index (κ2) is 4.68. The van der Waals surface area contributed by atoms with E-state index in [0.29, 0.717) is 11.1 Å². The molecule has 0 aliphatic heterocycles. The van der Waals surface area contributed by atoms with Crippen LogP contribution < -0.4 is 5.73 Å². The average Bonchev–Trinajstić information content (AvgIpc) is 2.51. The predicted molar refractivity (Wildman–Crippen MR) is 54.7 cm³/mol. The Bertz CT molecular complexity index is 259. The summed E-state index contributed by atoms with van der Waals surface area (Å²) in [4.78, 5) is 0. The summed E-state index contributed by atoms with van der Waals surface area (Å²) >= 11 is 5.66. The van der Waals surface area contributed by atoms with Gasteiger partial charge < -0.3 is 10.2 Å². The fourth-order valence-electron chi connectivity index (χ4n) is 1.42. The van der Waals surface area contributed by atoms with E-state index in [1.807, 2.05) is 6.07 Å². The first-order valence-corrected chi connectivity index (χ1v) is 5.03. The van der Waals surface area contributed by atoms with Crippen LogP contribution in [0.25, 0.3) is 0 Å². The lowest BCUT2D eigenvalue weighted by atomic mass is 9.96. The molecule has 0 fully saturated rings. The first kappa shape index (κ1) is 10.6. The van der Waals surface area contributed by atoms with Crippen LogP contribution in [0.4, 0.5) is 0 Å². The molecule has 0 radical (unpaired) electrons. The van der Waals surface area contributed by atoms with E-state index in [1.165, 1.54) is 0 Å². The molecule has 0 amide bonds. The Balaban J connectivity index is 2.61. The highest BCUT2D eigenvalue weighted by atomic mass is 35.5. The molecule has 2 unspecified atom stereocenters. The standard InChI is InChI=1S/C10H16ClNO/c1-3-4-7(2)10(12)8-5-6-9(11)13-8/h5-7,10H,3-4,12H2,1-2H3. The Morgan fingerprint density at radius 1 is 1.54 bits per heavy atom. The summed E-state index contributed by atoms with van der Waals surface area (Å²) in [5.74, 6) is 1.22. The molecule has 0 spiro atoms. The topological polar surface area (TPSA) is 39.2 Å². The van der Waals surface area contributed by atoms with E-state index in [0.717, 1.165) is 18.6 Å². The SMILES string of the molecule is CCCC(C)C(N)c1ccc(Cl)o1. The predicted octanol–water partition coefficient (Wildman–Crippen LogP) is 3.37. The van der Waals surface area contributed by atoms with Crippen molar-refractivity contribution in [3.05, 3.63) is 23.1 Å². The molecule has 0 saturated heterocycles. The molecule has 1 aromatic heterocycles. The summed E-state index contributed by atoms with van der Waals surface area (Å²) in [6.45, 7) is 4.28. The van der Waals surface area contributed by atoms with Crippen LogP contribution in [-0.2, 0) is 0 Å². The Morgan fingerprint density at radius 3 is 2.69 bits per heavy atom. The quantitative estimate of drug-likeness (QED) is 0.812. The number of hydrogen-bond donors (Lipinski definition) is 1. The molecule has 1 rings (SSSR count). The Morgan fingerprint density at radius 2 is 2.23 bits per heavy atom. The van der Waals surface area contributed by atoms with Gasteiger partial charge in [-0.2, -0.15) is 0 Å². The van der Waals surface area contributed by atoms with Gasteiger partial charge in [-0.15, -0.1) is 0 Å². The molecule has 1 heterocycles. The fourth-order valence-corrected chi connectivity index (χ4v) is 1.57. The van der Waals surface area contributed by atoms with Crippen LogP contribution in [0.5, 0.6) is 0 Å². The van der Waals surface area contributed by atoms with Gasteiger partial charge >= 0.3 is 0 Å². The first-order chi connectivity index (χ1) is 6.15. The van der Waals surface area contributed by atoms with Gasteiger partial charge in [0.25, 0.3) is 0 Å². The van der Waals surface area contributed by atoms with Gasteiger partial charge in [0.15, 0.2) is 5.22 Å². The molecule has 74 valence electrons. The summed E-state index contributed by atoms with van der Waals surface area (Å²) in [5.41, 5.74) is 5.99. The molecule has 0 aromatic carbocycles. The summed E-state index contributed by atoms with van der Waals surface area (Å²) in [6, 6.07) is 3.54. The zero-order valence-corrected chi connectivity index (χ0v) is 8.84. The molecule has 1 aromatic rings. The summed E-state index contributed by atoms with van der Waals surface area (Å²) < 4.78 is 5.25. The van der Waals surface area contributed by atoms with Crippen molar-refractivity contribution in [3.63, 3.8) is 0 Å². The zero-order valence-electron chi connectivity index (χ0n) is 8.09. The van der Waals surface area contributed by atoms with Gasteiger partial charge in [-0.1, -0.05) is 20.3 Å². The van der Waals surface area contributed by atoms with E-state index in [1.54, 1.807) is 6.07 Å². The number of nitrogens with two attached hydrogens (primary N) is 1. The molecular weight excluding hydrogens is 186 g/mol. The van der Waals surface area contributed by atoms with Gasteiger partial charge in [-0.25, -0.2) is 0 Å². The second-order valence-corrected chi connectivity index (χ2v) is 3.81. The maximum absolute atomic E-state index is 5.99. The van der Waals surface area contributed by atoms with E-state index in [4.69, 9.17) is 21.8 Å². The molecule has 0 aliphatic carbocycles. The number of rotatable bonds is 4. The third-order valence-corrected chi connectivity index (χ3v) is 2.48. The van der Waals surface area contributed by atoms with Gasteiger partial charge in [-0.05, 0) is 36.1 Å². The number of hydrogen-bond acceptors (Lipinski definition) is 2. The van der Waals surface area contributed by atoms with Gasteiger partial charge in [0, 0.05) is 0 Å². The Hall–Kier alpha value is -0.470. The second-order valence-electron chi connectivity index (χ2n) is 3.43. The van der Waals surface area contributed by atoms with Crippen molar-refractivity contribution in [2.24, 2.45) is 11.7 Å². The molecular formula is C10H16ClNO. The van der Waals surface area contributed by atoms with Crippen LogP contribution in [0, 0.1) is 5.92 Å². The molecule has 3 heteroatoms. The van der Waals surface area contributed by atoms with E-state index >= 15 is 0 Å². The van der Waals surface area contributed by atoms with Crippen molar-refractivity contribution in [2.45, 2.75) is 32.7 Å². The van der Waals surface area contributed by atoms with Gasteiger partial charge in [0.05, 0.1) is 6.04 Å². The van der Waals surface area contributed by atoms with Gasteiger partial charge in [0.1, 0.15) is 5.76 Å². The van der Waals surface area contributed by atoms with Gasteiger partial charge in [0.2, 0.25) is 0 Å². The maximum Gasteiger partial charge on any atom is 0.193 e. The lowest BCUT2D eigenvalue weighted by molar-refractivity contribution is 0.366. The minimum Gasteiger partial charge on any atom is -0.448 e. The Kier molecular flexibility index (Phi) is 3.82. The molecule has 0 saturated carbocycles. The molecule has 0 aliphatic rings. The molecule has 2 nitrogen and oxygen atoms in total.